The van der Waals surface area contributed by atoms with Crippen LogP contribution in [-0.2, 0) is 66.8 Å². The van der Waals surface area contributed by atoms with E-state index in [9.17, 15) is 0 Å². The maximum Gasteiger partial charge on any atom is 0.160 e. The summed E-state index contributed by atoms with van der Waals surface area (Å²) in [6, 6.07) is 6.11. The molecule has 3 nitrogen and oxygen atoms in total. The highest BCUT2D eigenvalue weighted by molar-refractivity contribution is 8.68. The molecule has 6 rings (SSSR count). The van der Waals surface area contributed by atoms with Crippen LogP contribution in [-0.4, -0.2) is 9.97 Å². The maximum absolute atomic E-state index is 8.52. The molecule has 39 heavy (non-hydrogen) atoms. The molecule has 0 radical (unpaired) electrons. The summed E-state index contributed by atoms with van der Waals surface area (Å²) in [5, 5.41) is 1.75. The van der Waals surface area contributed by atoms with Gasteiger partial charge in [-0.3, -0.25) is 0 Å². The number of fused-ring (bicyclic) bond motifs is 3. The first kappa shape index (κ1) is 18.1. The standard InChI is InChI=1S/C28H17ClN2O.S7/c29-20-14-15-25-22(16-20)27-21(12-7-13-26(27)32-25)24-17-23(18-8-3-1-4-9-18)30-28(31-24)19-10-5-2-6-11-19;1-3-5-7-6-4-2/h1-17H;/i1D,2D,3D,4D,5D,6D,8D,9D,10D,11D;. The molecule has 0 aliphatic heterocycles. The third-order valence-electron chi connectivity index (χ3n) is 5.05. The van der Waals surface area contributed by atoms with Gasteiger partial charge in [0.25, 0.3) is 0 Å². The molecular weight excluding hydrogens is 640 g/mol. The summed E-state index contributed by atoms with van der Waals surface area (Å²) in [6.45, 7) is 0. The largest absolute Gasteiger partial charge is 0.456 e. The van der Waals surface area contributed by atoms with Crippen LogP contribution >= 0.6 is 11.6 Å². The van der Waals surface area contributed by atoms with Crippen LogP contribution in [0.15, 0.2) is 107 Å². The van der Waals surface area contributed by atoms with Gasteiger partial charge in [-0.2, -0.15) is 0 Å². The minimum absolute atomic E-state index is 0.0957. The van der Waals surface area contributed by atoms with Crippen molar-refractivity contribution >= 4 is 100 Å². The Morgan fingerprint density at radius 2 is 1.38 bits per heavy atom. The molecule has 0 aliphatic rings. The second-order valence-electron chi connectivity index (χ2n) is 7.22. The summed E-state index contributed by atoms with van der Waals surface area (Å²) in [6.07, 6.45) is 0. The van der Waals surface area contributed by atoms with Crippen molar-refractivity contribution < 1.29 is 18.1 Å². The van der Waals surface area contributed by atoms with Gasteiger partial charge in [-0.15, -0.1) is 0 Å². The Morgan fingerprint density at radius 3 is 2.08 bits per heavy atom. The van der Waals surface area contributed by atoms with Crippen LogP contribution in [0.2, 0.25) is 5.02 Å². The lowest BCUT2D eigenvalue weighted by molar-refractivity contribution is 0.669. The summed E-state index contributed by atoms with van der Waals surface area (Å²) in [5.41, 5.74) is 1.11. The molecule has 11 heteroatoms. The van der Waals surface area contributed by atoms with Crippen molar-refractivity contribution in [2.24, 2.45) is 0 Å². The summed E-state index contributed by atoms with van der Waals surface area (Å²) in [7, 11) is 7.36. The molecule has 4 aromatic carbocycles. The first-order valence-electron chi connectivity index (χ1n) is 15.6. The number of rotatable bonds is 3. The van der Waals surface area contributed by atoms with Gasteiger partial charge in [0.1, 0.15) is 11.2 Å². The monoisotopic (exact) mass is 666 g/mol. The third kappa shape index (κ3) is 6.85. The van der Waals surface area contributed by atoms with Crippen molar-refractivity contribution in [2.75, 3.05) is 0 Å². The van der Waals surface area contributed by atoms with E-state index >= 15 is 0 Å². The third-order valence-corrected chi connectivity index (χ3v) is 14.2. The molecule has 2 aromatic heterocycles. The molecule has 0 fully saturated rings. The van der Waals surface area contributed by atoms with E-state index in [0.717, 1.165) is 0 Å². The lowest BCUT2D eigenvalue weighted by Gasteiger charge is -2.10. The number of hydrogen-bond donors (Lipinski definition) is 0. The fraction of sp³-hybridized carbons (Fsp3) is 0. The van der Waals surface area contributed by atoms with Crippen molar-refractivity contribution in [1.82, 2.24) is 9.97 Å². The first-order chi connectivity index (χ1) is 23.3. The Balaban J connectivity index is 0.000000606. The van der Waals surface area contributed by atoms with E-state index in [1.807, 2.05) is 0 Å². The van der Waals surface area contributed by atoms with E-state index in [-0.39, 0.29) is 28.3 Å². The molecule has 0 saturated carbocycles. The summed E-state index contributed by atoms with van der Waals surface area (Å²) in [4.78, 5) is 9.03. The smallest absolute Gasteiger partial charge is 0.160 e. The lowest BCUT2D eigenvalue weighted by Crippen LogP contribution is -1.96. The molecular formula is C28H17ClN2OS7. The Morgan fingerprint density at radius 1 is 0.718 bits per heavy atom. The topological polar surface area (TPSA) is 38.9 Å². The number of hydrogen-bond acceptors (Lipinski definition) is 5. The Labute approximate surface area is 268 Å². The molecule has 2 heterocycles. The van der Waals surface area contributed by atoms with Crippen LogP contribution in [0.3, 0.4) is 0 Å². The normalized spacial score (nSPS) is 14.0. The zero-order chi connectivity index (χ0) is 35.7. The highest BCUT2D eigenvalue weighted by Crippen LogP contribution is 2.38. The van der Waals surface area contributed by atoms with Crippen LogP contribution in [0.25, 0.3) is 55.8 Å². The lowest BCUT2D eigenvalue weighted by atomic mass is 10.0. The van der Waals surface area contributed by atoms with E-state index in [1.165, 1.54) is 23.8 Å². The molecule has 0 spiro atoms. The van der Waals surface area contributed by atoms with Gasteiger partial charge >= 0.3 is 0 Å². The Bertz CT molecular complexity index is 2410. The van der Waals surface area contributed by atoms with Gasteiger partial charge in [-0.1, -0.05) is 84.2 Å². The average Bonchev–Trinajstić information content (AvgIpc) is 3.47. The van der Waals surface area contributed by atoms with Crippen molar-refractivity contribution in [3.05, 3.63) is 108 Å². The molecule has 0 saturated heterocycles. The molecule has 6 aromatic rings. The average molecular weight is 667 g/mol. The van der Waals surface area contributed by atoms with Crippen LogP contribution in [0.4, 0.5) is 0 Å². The summed E-state index contributed by atoms with van der Waals surface area (Å²) < 4.78 is 88.6. The van der Waals surface area contributed by atoms with Crippen molar-refractivity contribution in [2.45, 2.75) is 0 Å². The minimum Gasteiger partial charge on any atom is -0.456 e. The number of aromatic nitrogens is 2. The van der Waals surface area contributed by atoms with Crippen LogP contribution in [0, 0.1) is 0 Å². The van der Waals surface area contributed by atoms with Crippen molar-refractivity contribution in [3.8, 4) is 33.9 Å². The molecule has 194 valence electrons. The summed E-state index contributed by atoms with van der Waals surface area (Å²) >= 11 is 15.4. The number of benzene rings is 4. The van der Waals surface area contributed by atoms with Gasteiger partial charge in [-0.25, -0.2) is 9.97 Å². The van der Waals surface area contributed by atoms with E-state index in [4.69, 9.17) is 29.7 Å². The van der Waals surface area contributed by atoms with Crippen molar-refractivity contribution in [1.29, 1.82) is 0 Å². The SMILES string of the molecule is S=S=S=S=S=S=S.[2H]c1c([2H])c([2H])c(-c2cc(-c3cccc4oc5ccc(Cl)cc5c34)nc(-c3c([2H])c([2H])c([2H])c([2H])c3[2H])n2)c([2H])c1[2H]. The quantitative estimate of drug-likeness (QED) is 0.191. The van der Waals surface area contributed by atoms with Crippen molar-refractivity contribution in [3.63, 3.8) is 0 Å². The predicted octanol–water partition coefficient (Wildman–Crippen LogP) is 8.01. The van der Waals surface area contributed by atoms with Crippen LogP contribution in [0.1, 0.15) is 13.7 Å². The van der Waals surface area contributed by atoms with Gasteiger partial charge in [0.15, 0.2) is 5.82 Å². The number of nitrogens with zero attached hydrogens (tertiary/aromatic N) is 2. The van der Waals surface area contributed by atoms with E-state index < -0.39 is 60.4 Å². The second kappa shape index (κ2) is 13.8. The van der Waals surface area contributed by atoms with Gasteiger partial charge in [0.05, 0.1) is 25.1 Å². The van der Waals surface area contributed by atoms with E-state index in [2.05, 4.69) is 32.3 Å². The predicted molar refractivity (Wildman–Crippen MR) is 182 cm³/mol. The Kier molecular flexibility index (Phi) is 6.40. The zero-order valence-corrected chi connectivity index (χ0v) is 25.6. The number of halogens is 1. The first-order valence-corrected chi connectivity index (χ1v) is 18.9. The van der Waals surface area contributed by atoms with E-state index in [1.54, 1.807) is 63.0 Å². The molecule has 0 N–H and O–H groups in total. The van der Waals surface area contributed by atoms with Gasteiger partial charge in [-0.05, 0) is 30.3 Å². The molecule has 0 amide bonds. The molecule has 0 unspecified atom stereocenters. The highest BCUT2D eigenvalue weighted by atomic mass is 35.5. The fourth-order valence-electron chi connectivity index (χ4n) is 3.61. The van der Waals surface area contributed by atoms with Crippen LogP contribution < -0.4 is 0 Å². The summed E-state index contributed by atoms with van der Waals surface area (Å²) in [5.74, 6) is -0.283. The molecule has 0 bridgehead atoms. The van der Waals surface area contributed by atoms with Gasteiger partial charge < -0.3 is 4.42 Å². The van der Waals surface area contributed by atoms with Gasteiger partial charge in [0.2, 0.25) is 0 Å². The maximum atomic E-state index is 8.52. The Hall–Kier alpha value is -2.41. The van der Waals surface area contributed by atoms with Gasteiger partial charge in [0, 0.05) is 99.3 Å². The highest BCUT2D eigenvalue weighted by Gasteiger charge is 2.16. The second-order valence-corrected chi connectivity index (χ2v) is 16.5. The zero-order valence-electron chi connectivity index (χ0n) is 29.1. The molecule has 0 aliphatic carbocycles. The van der Waals surface area contributed by atoms with E-state index in [0.29, 0.717) is 32.5 Å². The fourth-order valence-corrected chi connectivity index (χ4v) is 12.0. The minimum atomic E-state index is -0.595. The molecule has 0 atom stereocenters. The number of furan rings is 1. The van der Waals surface area contributed by atoms with Crippen LogP contribution in [0.5, 0.6) is 0 Å².